The standard InChI is InChI=1S/C20H26F3N3O.ClH/c21-20(22,23)19(8-9-26(13-19)12-14-4-2-1-3-5-14)18(27)25-17-10-15-6-7-16(11-17)24-15;/h1-5,15-17,24H,6-13H2,(H,25,27);1H. The third kappa shape index (κ3) is 4.16. The van der Waals surface area contributed by atoms with Gasteiger partial charge in [-0.25, -0.2) is 0 Å². The maximum Gasteiger partial charge on any atom is 0.404 e. The lowest BCUT2D eigenvalue weighted by Crippen LogP contribution is -2.57. The molecule has 1 aromatic carbocycles. The van der Waals surface area contributed by atoms with E-state index >= 15 is 0 Å². The van der Waals surface area contributed by atoms with Gasteiger partial charge in [-0.15, -0.1) is 12.4 Å². The van der Waals surface area contributed by atoms with E-state index in [-0.39, 0.29) is 38.0 Å². The molecular weight excluding hydrogens is 391 g/mol. The molecule has 1 amide bonds. The van der Waals surface area contributed by atoms with E-state index in [2.05, 4.69) is 10.6 Å². The summed E-state index contributed by atoms with van der Waals surface area (Å²) in [5.74, 6) is -0.836. The lowest BCUT2D eigenvalue weighted by molar-refractivity contribution is -0.218. The summed E-state index contributed by atoms with van der Waals surface area (Å²) in [5.41, 5.74) is -1.34. The average Bonchev–Trinajstić information content (AvgIpc) is 3.20. The number of nitrogens with zero attached hydrogens (tertiary/aromatic N) is 1. The van der Waals surface area contributed by atoms with Gasteiger partial charge in [0.2, 0.25) is 5.91 Å². The second-order valence-electron chi connectivity index (χ2n) is 8.31. The molecule has 3 fully saturated rings. The first-order valence-corrected chi connectivity index (χ1v) is 9.76. The Bertz CT molecular complexity index is 675. The minimum absolute atomic E-state index is 0. The SMILES string of the molecule is Cl.O=C(NC1CC2CCC(C1)N2)C1(C(F)(F)F)CCN(Cc2ccccc2)C1. The molecular formula is C20H27ClF3N3O. The molecule has 3 atom stereocenters. The minimum atomic E-state index is -4.55. The van der Waals surface area contributed by atoms with E-state index in [0.717, 1.165) is 31.2 Å². The van der Waals surface area contributed by atoms with Crippen molar-refractivity contribution in [1.82, 2.24) is 15.5 Å². The summed E-state index contributed by atoms with van der Waals surface area (Å²) in [6.07, 6.45) is -1.17. The Labute approximate surface area is 169 Å². The second kappa shape index (κ2) is 8.20. The van der Waals surface area contributed by atoms with Crippen molar-refractivity contribution >= 4 is 18.3 Å². The summed E-state index contributed by atoms with van der Waals surface area (Å²) in [4.78, 5) is 14.6. The molecule has 4 rings (SSSR count). The van der Waals surface area contributed by atoms with Crippen LogP contribution < -0.4 is 10.6 Å². The molecule has 3 saturated heterocycles. The fourth-order valence-corrected chi connectivity index (χ4v) is 4.91. The molecule has 156 valence electrons. The van der Waals surface area contributed by atoms with Crippen LogP contribution in [0.4, 0.5) is 13.2 Å². The van der Waals surface area contributed by atoms with Crippen molar-refractivity contribution in [1.29, 1.82) is 0 Å². The number of rotatable bonds is 4. The van der Waals surface area contributed by atoms with E-state index in [0.29, 0.717) is 18.6 Å². The van der Waals surface area contributed by atoms with Crippen molar-refractivity contribution in [3.8, 4) is 0 Å². The Balaban J connectivity index is 0.00000225. The summed E-state index contributed by atoms with van der Waals surface area (Å²) < 4.78 is 42.0. The van der Waals surface area contributed by atoms with Gasteiger partial charge < -0.3 is 10.6 Å². The smallest absolute Gasteiger partial charge is 0.352 e. The Morgan fingerprint density at radius 1 is 1.18 bits per heavy atom. The van der Waals surface area contributed by atoms with E-state index in [1.807, 2.05) is 30.3 Å². The maximum atomic E-state index is 14.0. The number of hydrogen-bond donors (Lipinski definition) is 2. The zero-order valence-corrected chi connectivity index (χ0v) is 16.5. The van der Waals surface area contributed by atoms with Crippen molar-refractivity contribution in [3.05, 3.63) is 35.9 Å². The van der Waals surface area contributed by atoms with Crippen molar-refractivity contribution in [2.75, 3.05) is 13.1 Å². The Morgan fingerprint density at radius 2 is 1.82 bits per heavy atom. The molecule has 0 saturated carbocycles. The Kier molecular flexibility index (Phi) is 6.27. The number of carbonyl (C=O) groups is 1. The van der Waals surface area contributed by atoms with Gasteiger partial charge in [-0.05, 0) is 44.2 Å². The van der Waals surface area contributed by atoms with Crippen molar-refractivity contribution in [3.63, 3.8) is 0 Å². The van der Waals surface area contributed by atoms with Crippen molar-refractivity contribution in [2.45, 2.75) is 63.0 Å². The normalized spacial score (nSPS) is 32.8. The van der Waals surface area contributed by atoms with Gasteiger partial charge in [0.15, 0.2) is 5.41 Å². The molecule has 8 heteroatoms. The second-order valence-corrected chi connectivity index (χ2v) is 8.31. The first kappa shape index (κ1) is 21.4. The molecule has 2 bridgehead atoms. The van der Waals surface area contributed by atoms with Gasteiger partial charge in [0, 0.05) is 31.2 Å². The first-order chi connectivity index (χ1) is 12.9. The summed E-state index contributed by atoms with van der Waals surface area (Å²) >= 11 is 0. The third-order valence-corrected chi connectivity index (χ3v) is 6.38. The monoisotopic (exact) mass is 417 g/mol. The summed E-state index contributed by atoms with van der Waals surface area (Å²) in [5, 5.41) is 6.22. The van der Waals surface area contributed by atoms with Crippen LogP contribution in [0.2, 0.25) is 0 Å². The molecule has 0 spiro atoms. The minimum Gasteiger partial charge on any atom is -0.352 e. The number of benzene rings is 1. The van der Waals surface area contributed by atoms with Crippen LogP contribution in [0.15, 0.2) is 30.3 Å². The molecule has 0 aromatic heterocycles. The molecule has 3 unspecified atom stereocenters. The number of nitrogens with one attached hydrogen (secondary N) is 2. The molecule has 3 aliphatic heterocycles. The Morgan fingerprint density at radius 3 is 2.43 bits per heavy atom. The highest BCUT2D eigenvalue weighted by atomic mass is 35.5. The molecule has 28 heavy (non-hydrogen) atoms. The van der Waals surface area contributed by atoms with Crippen LogP contribution in [-0.2, 0) is 11.3 Å². The third-order valence-electron chi connectivity index (χ3n) is 6.38. The quantitative estimate of drug-likeness (QED) is 0.790. The number of carbonyl (C=O) groups excluding carboxylic acids is 1. The van der Waals surface area contributed by atoms with Crippen LogP contribution in [-0.4, -0.2) is 48.2 Å². The predicted molar refractivity (Wildman–Crippen MR) is 103 cm³/mol. The molecule has 2 N–H and O–H groups in total. The summed E-state index contributed by atoms with van der Waals surface area (Å²) in [6, 6.07) is 9.94. The van der Waals surface area contributed by atoms with E-state index < -0.39 is 17.5 Å². The van der Waals surface area contributed by atoms with Gasteiger partial charge in [0.1, 0.15) is 0 Å². The van der Waals surface area contributed by atoms with Crippen LogP contribution in [0.1, 0.15) is 37.7 Å². The number of hydrogen-bond acceptors (Lipinski definition) is 3. The van der Waals surface area contributed by atoms with Crippen LogP contribution in [0.25, 0.3) is 0 Å². The van der Waals surface area contributed by atoms with E-state index in [4.69, 9.17) is 0 Å². The summed E-state index contributed by atoms with van der Waals surface area (Å²) in [7, 11) is 0. The fraction of sp³-hybridized carbons (Fsp3) is 0.650. The van der Waals surface area contributed by atoms with E-state index in [1.165, 1.54) is 0 Å². The molecule has 3 aliphatic rings. The van der Waals surface area contributed by atoms with Crippen molar-refractivity contribution < 1.29 is 18.0 Å². The van der Waals surface area contributed by atoms with Gasteiger partial charge in [-0.2, -0.15) is 13.2 Å². The maximum absolute atomic E-state index is 14.0. The number of alkyl halides is 3. The largest absolute Gasteiger partial charge is 0.404 e. The number of piperidine rings is 1. The zero-order chi connectivity index (χ0) is 19.1. The topological polar surface area (TPSA) is 44.4 Å². The molecule has 0 radical (unpaired) electrons. The highest BCUT2D eigenvalue weighted by molar-refractivity contribution is 5.85. The number of halogens is 4. The van der Waals surface area contributed by atoms with Gasteiger partial charge in [-0.3, -0.25) is 9.69 Å². The average molecular weight is 418 g/mol. The summed E-state index contributed by atoms with van der Waals surface area (Å²) in [6.45, 7) is 0.442. The van der Waals surface area contributed by atoms with Crippen LogP contribution >= 0.6 is 12.4 Å². The number of fused-ring (bicyclic) bond motifs is 2. The van der Waals surface area contributed by atoms with Gasteiger partial charge in [0.05, 0.1) is 0 Å². The first-order valence-electron chi connectivity index (χ1n) is 9.76. The molecule has 4 nitrogen and oxygen atoms in total. The van der Waals surface area contributed by atoms with E-state index in [9.17, 15) is 18.0 Å². The molecule has 1 aromatic rings. The van der Waals surface area contributed by atoms with Gasteiger partial charge in [0.25, 0.3) is 0 Å². The van der Waals surface area contributed by atoms with Crippen LogP contribution in [0.3, 0.4) is 0 Å². The zero-order valence-electron chi connectivity index (χ0n) is 15.7. The van der Waals surface area contributed by atoms with Crippen molar-refractivity contribution in [2.24, 2.45) is 5.41 Å². The molecule has 3 heterocycles. The lowest BCUT2D eigenvalue weighted by Gasteiger charge is -2.35. The van der Waals surface area contributed by atoms with Gasteiger partial charge >= 0.3 is 6.18 Å². The van der Waals surface area contributed by atoms with Crippen LogP contribution in [0.5, 0.6) is 0 Å². The predicted octanol–water partition coefficient (Wildman–Crippen LogP) is 3.26. The van der Waals surface area contributed by atoms with Gasteiger partial charge in [-0.1, -0.05) is 30.3 Å². The van der Waals surface area contributed by atoms with Crippen LogP contribution in [0, 0.1) is 5.41 Å². The highest BCUT2D eigenvalue weighted by Crippen LogP contribution is 2.46. The number of likely N-dealkylation sites (tertiary alicyclic amines) is 1. The van der Waals surface area contributed by atoms with E-state index in [1.54, 1.807) is 4.90 Å². The molecule has 0 aliphatic carbocycles. The fourth-order valence-electron chi connectivity index (χ4n) is 4.91. The lowest BCUT2D eigenvalue weighted by atomic mass is 9.84. The highest BCUT2D eigenvalue weighted by Gasteiger charge is 2.63. The number of amides is 1. The Hall–Kier alpha value is -1.31.